The maximum Gasteiger partial charge on any atom is 0.337 e. The summed E-state index contributed by atoms with van der Waals surface area (Å²) < 4.78 is 17.1. The molecule has 1 heterocycles. The Bertz CT molecular complexity index is 1360. The number of methoxy groups -OCH3 is 2. The molecule has 0 saturated heterocycles. The highest BCUT2D eigenvalue weighted by atomic mass is 32.1. The van der Waals surface area contributed by atoms with Crippen molar-refractivity contribution in [1.29, 1.82) is 0 Å². The van der Waals surface area contributed by atoms with Crippen molar-refractivity contribution in [3.63, 3.8) is 0 Å². The largest absolute Gasteiger partial charge is 0.493 e. The van der Waals surface area contributed by atoms with Gasteiger partial charge in [-0.05, 0) is 59.2 Å². The fourth-order valence-corrected chi connectivity index (χ4v) is 4.45. The van der Waals surface area contributed by atoms with Crippen LogP contribution in [0.15, 0.2) is 66.7 Å². The molecule has 0 aliphatic heterocycles. The molecule has 1 aromatic heterocycles. The molecule has 0 aliphatic rings. The van der Waals surface area contributed by atoms with Gasteiger partial charge in [0.1, 0.15) is 11.6 Å². The molecule has 0 bridgehead atoms. The third-order valence-electron chi connectivity index (χ3n) is 5.21. The van der Waals surface area contributed by atoms with Crippen LogP contribution < -0.4 is 9.47 Å². The summed E-state index contributed by atoms with van der Waals surface area (Å²) in [5.41, 5.74) is 3.57. The van der Waals surface area contributed by atoms with Gasteiger partial charge in [0.05, 0.1) is 36.4 Å². The van der Waals surface area contributed by atoms with E-state index in [1.807, 2.05) is 36.4 Å². The van der Waals surface area contributed by atoms with Crippen LogP contribution >= 0.6 is 11.3 Å². The average molecular weight is 490 g/mol. The normalized spacial score (nSPS) is 11.3. The summed E-state index contributed by atoms with van der Waals surface area (Å²) in [6, 6.07) is 20.1. The van der Waals surface area contributed by atoms with Crippen LogP contribution in [-0.2, 0) is 16.1 Å². The van der Waals surface area contributed by atoms with E-state index in [1.54, 1.807) is 43.5 Å². The Morgan fingerprint density at radius 2 is 1.77 bits per heavy atom. The monoisotopic (exact) mass is 489 g/mol. The molecule has 7 nitrogen and oxygen atoms in total. The maximum atomic E-state index is 11.6. The van der Waals surface area contributed by atoms with Crippen molar-refractivity contribution in [1.82, 2.24) is 4.98 Å². The molecule has 3 aromatic carbocycles. The molecule has 1 N–H and O–H groups in total. The highest BCUT2D eigenvalue weighted by Gasteiger charge is 2.14. The van der Waals surface area contributed by atoms with E-state index in [2.05, 4.69) is 4.98 Å². The van der Waals surface area contributed by atoms with Gasteiger partial charge in [-0.15, -0.1) is 11.3 Å². The summed E-state index contributed by atoms with van der Waals surface area (Å²) in [5, 5.41) is 10.1. The molecule has 0 radical (unpaired) electrons. The average Bonchev–Trinajstić information content (AvgIpc) is 3.31. The smallest absolute Gasteiger partial charge is 0.337 e. The second kappa shape index (κ2) is 10.8. The third kappa shape index (κ3) is 5.85. The number of carbonyl (C=O) groups is 2. The second-order valence-electron chi connectivity index (χ2n) is 7.61. The lowest BCUT2D eigenvalue weighted by Gasteiger charge is -2.12. The van der Waals surface area contributed by atoms with Gasteiger partial charge in [0.15, 0.2) is 11.5 Å². The van der Waals surface area contributed by atoms with Crippen molar-refractivity contribution >= 4 is 45.1 Å². The van der Waals surface area contributed by atoms with Crippen molar-refractivity contribution < 1.29 is 28.9 Å². The number of carboxylic acid groups (broad SMARTS) is 1. The van der Waals surface area contributed by atoms with Crippen LogP contribution in [0.2, 0.25) is 0 Å². The first-order valence-corrected chi connectivity index (χ1v) is 11.5. The predicted octanol–water partition coefficient (Wildman–Crippen LogP) is 5.69. The van der Waals surface area contributed by atoms with Gasteiger partial charge in [-0.2, -0.15) is 0 Å². The molecule has 4 rings (SSSR count). The minimum absolute atomic E-state index is 0.151. The molecule has 0 amide bonds. The van der Waals surface area contributed by atoms with Gasteiger partial charge < -0.3 is 19.3 Å². The Balaban J connectivity index is 1.55. The van der Waals surface area contributed by atoms with Crippen molar-refractivity contribution in [2.24, 2.45) is 0 Å². The summed E-state index contributed by atoms with van der Waals surface area (Å²) in [7, 11) is 2.89. The van der Waals surface area contributed by atoms with Crippen molar-refractivity contribution in [3.8, 4) is 11.5 Å². The zero-order valence-electron chi connectivity index (χ0n) is 19.2. The van der Waals surface area contributed by atoms with E-state index in [9.17, 15) is 14.7 Å². The number of aliphatic carboxylic acids is 1. The summed E-state index contributed by atoms with van der Waals surface area (Å²) >= 11 is 1.46. The van der Waals surface area contributed by atoms with E-state index < -0.39 is 11.9 Å². The molecule has 35 heavy (non-hydrogen) atoms. The lowest BCUT2D eigenvalue weighted by molar-refractivity contribution is -0.135. The number of rotatable bonds is 9. The van der Waals surface area contributed by atoms with Crippen LogP contribution in [0.1, 0.15) is 32.9 Å². The van der Waals surface area contributed by atoms with E-state index in [0.717, 1.165) is 21.3 Å². The van der Waals surface area contributed by atoms with Crippen LogP contribution in [0.4, 0.5) is 0 Å². The predicted molar refractivity (Wildman–Crippen MR) is 135 cm³/mol. The Hall–Kier alpha value is -4.17. The Kier molecular flexibility index (Phi) is 7.42. The standard InChI is InChI=1S/C27H23NO6S/c1-32-23-14-18(9-12-22(23)34-16-17-7-10-19(11-8-17)27(31)33-2)13-20(15-25(29)30)26-28-21-5-3-4-6-24(21)35-26/h3-14H,15-16H2,1-2H3,(H,29,30)/b20-13+. The molecule has 0 spiro atoms. The molecule has 178 valence electrons. The number of esters is 1. The minimum Gasteiger partial charge on any atom is -0.493 e. The Morgan fingerprint density at radius 3 is 2.46 bits per heavy atom. The van der Waals surface area contributed by atoms with Gasteiger partial charge in [-0.3, -0.25) is 4.79 Å². The van der Waals surface area contributed by atoms with E-state index in [0.29, 0.717) is 27.6 Å². The highest BCUT2D eigenvalue weighted by molar-refractivity contribution is 7.19. The van der Waals surface area contributed by atoms with E-state index >= 15 is 0 Å². The molecule has 0 atom stereocenters. The quantitative estimate of drug-likeness (QED) is 0.302. The first kappa shape index (κ1) is 24.0. The van der Waals surface area contributed by atoms with Crippen molar-refractivity contribution in [2.75, 3.05) is 14.2 Å². The lowest BCUT2D eigenvalue weighted by Crippen LogP contribution is -2.02. The summed E-state index contributed by atoms with van der Waals surface area (Å²) in [5.74, 6) is -0.262. The number of aromatic nitrogens is 1. The first-order chi connectivity index (χ1) is 17.0. The molecule has 0 saturated carbocycles. The molecule has 0 aliphatic carbocycles. The van der Waals surface area contributed by atoms with Crippen LogP contribution in [0.5, 0.6) is 11.5 Å². The van der Waals surface area contributed by atoms with Crippen LogP contribution in [0, 0.1) is 0 Å². The second-order valence-corrected chi connectivity index (χ2v) is 8.64. The van der Waals surface area contributed by atoms with E-state index in [4.69, 9.17) is 14.2 Å². The zero-order chi connectivity index (χ0) is 24.8. The maximum absolute atomic E-state index is 11.6. The number of hydrogen-bond donors (Lipinski definition) is 1. The van der Waals surface area contributed by atoms with Gasteiger partial charge in [-0.25, -0.2) is 9.78 Å². The van der Waals surface area contributed by atoms with Crippen molar-refractivity contribution in [2.45, 2.75) is 13.0 Å². The van der Waals surface area contributed by atoms with Crippen LogP contribution in [-0.4, -0.2) is 36.2 Å². The number of nitrogens with zero attached hydrogens (tertiary/aromatic N) is 1. The number of fused-ring (bicyclic) bond motifs is 1. The summed E-state index contributed by atoms with van der Waals surface area (Å²) in [6.07, 6.45) is 1.66. The number of benzene rings is 3. The lowest BCUT2D eigenvalue weighted by atomic mass is 10.1. The fourth-order valence-electron chi connectivity index (χ4n) is 3.47. The number of ether oxygens (including phenoxy) is 3. The van der Waals surface area contributed by atoms with Gasteiger partial charge in [-0.1, -0.05) is 30.3 Å². The highest BCUT2D eigenvalue weighted by Crippen LogP contribution is 2.33. The molecular formula is C27H23NO6S. The van der Waals surface area contributed by atoms with Gasteiger partial charge in [0, 0.05) is 0 Å². The zero-order valence-corrected chi connectivity index (χ0v) is 20.0. The Labute approximate surface area is 206 Å². The third-order valence-corrected chi connectivity index (χ3v) is 6.32. The molecule has 0 fully saturated rings. The van der Waals surface area contributed by atoms with Gasteiger partial charge >= 0.3 is 11.9 Å². The van der Waals surface area contributed by atoms with Crippen LogP contribution in [0.25, 0.3) is 21.9 Å². The fraction of sp³-hybridized carbons (Fsp3) is 0.148. The van der Waals surface area contributed by atoms with Gasteiger partial charge in [0.25, 0.3) is 0 Å². The Morgan fingerprint density at radius 1 is 1.00 bits per heavy atom. The first-order valence-electron chi connectivity index (χ1n) is 10.7. The number of para-hydroxylation sites is 1. The van der Waals surface area contributed by atoms with E-state index in [1.165, 1.54) is 18.4 Å². The SMILES string of the molecule is COC(=O)c1ccc(COc2ccc(/C=C(\CC(=O)O)c3nc4ccccc4s3)cc2OC)cc1. The van der Waals surface area contributed by atoms with E-state index in [-0.39, 0.29) is 13.0 Å². The topological polar surface area (TPSA) is 95.0 Å². The number of thiazole rings is 1. The summed E-state index contributed by atoms with van der Waals surface area (Å²) in [4.78, 5) is 27.7. The number of carboxylic acids is 1. The number of hydrogen-bond acceptors (Lipinski definition) is 7. The van der Waals surface area contributed by atoms with Gasteiger partial charge in [0.2, 0.25) is 0 Å². The molecule has 0 unspecified atom stereocenters. The molecular weight excluding hydrogens is 466 g/mol. The van der Waals surface area contributed by atoms with Crippen LogP contribution in [0.3, 0.4) is 0 Å². The van der Waals surface area contributed by atoms with Crippen molar-refractivity contribution in [3.05, 3.63) is 88.4 Å². The number of carbonyl (C=O) groups excluding carboxylic acids is 1. The molecule has 4 aromatic rings. The summed E-state index contributed by atoms with van der Waals surface area (Å²) in [6.45, 7) is 0.281. The molecule has 8 heteroatoms. The minimum atomic E-state index is -0.930.